The van der Waals surface area contributed by atoms with Gasteiger partial charge in [0.1, 0.15) is 17.1 Å². The van der Waals surface area contributed by atoms with Crippen molar-refractivity contribution >= 4 is 29.2 Å². The van der Waals surface area contributed by atoms with E-state index in [0.717, 1.165) is 6.07 Å². The van der Waals surface area contributed by atoms with Gasteiger partial charge in [0.05, 0.1) is 12.6 Å². The molecule has 5 nitrogen and oxygen atoms in total. The fourth-order valence-corrected chi connectivity index (χ4v) is 3.69. The van der Waals surface area contributed by atoms with Gasteiger partial charge in [0, 0.05) is 17.4 Å². The number of nitrogens with one attached hydrogen (secondary N) is 1. The number of halogens is 3. The van der Waals surface area contributed by atoms with Gasteiger partial charge in [0.2, 0.25) is 0 Å². The Morgan fingerprint density at radius 2 is 2.15 bits per heavy atom. The highest BCUT2D eigenvalue weighted by Gasteiger charge is 2.35. The smallest absolute Gasteiger partial charge is 0.191 e. The van der Waals surface area contributed by atoms with Crippen molar-refractivity contribution in [2.45, 2.75) is 49.6 Å². The minimum Gasteiger partial charge on any atom is -0.365 e. The van der Waals surface area contributed by atoms with Gasteiger partial charge in [0.15, 0.2) is 22.6 Å². The van der Waals surface area contributed by atoms with Crippen LogP contribution in [-0.4, -0.2) is 34.5 Å². The number of hydrogen-bond donors (Lipinski definition) is 1. The molecule has 0 radical (unpaired) electrons. The zero-order chi connectivity index (χ0) is 19.6. The van der Waals surface area contributed by atoms with Gasteiger partial charge in [-0.05, 0) is 26.8 Å². The number of hydrogen-bond acceptors (Lipinski definition) is 6. The Morgan fingerprint density at radius 3 is 2.85 bits per heavy atom. The van der Waals surface area contributed by atoms with Crippen molar-refractivity contribution in [3.05, 3.63) is 46.6 Å². The van der Waals surface area contributed by atoms with E-state index in [4.69, 9.17) is 21.1 Å². The van der Waals surface area contributed by atoms with Crippen molar-refractivity contribution in [3.8, 4) is 0 Å². The molecule has 1 aromatic heterocycles. The first-order valence-corrected chi connectivity index (χ1v) is 9.78. The Morgan fingerprint density at radius 1 is 1.37 bits per heavy atom. The lowest BCUT2D eigenvalue weighted by Crippen LogP contribution is -2.34. The van der Waals surface area contributed by atoms with E-state index >= 15 is 0 Å². The molecule has 2 heterocycles. The Labute approximate surface area is 165 Å². The van der Waals surface area contributed by atoms with E-state index in [0.29, 0.717) is 17.6 Å². The van der Waals surface area contributed by atoms with E-state index in [1.54, 1.807) is 6.07 Å². The van der Waals surface area contributed by atoms with Gasteiger partial charge >= 0.3 is 0 Å². The molecule has 2 aromatic rings. The van der Waals surface area contributed by atoms with Crippen molar-refractivity contribution in [1.29, 1.82) is 0 Å². The topological polar surface area (TPSA) is 56.3 Å². The second-order valence-electron chi connectivity index (χ2n) is 6.66. The largest absolute Gasteiger partial charge is 0.365 e. The first-order valence-electron chi connectivity index (χ1n) is 8.42. The third kappa shape index (κ3) is 5.28. The molecule has 9 heteroatoms. The van der Waals surface area contributed by atoms with E-state index < -0.39 is 17.4 Å². The number of thioether (sulfide) groups is 1. The van der Waals surface area contributed by atoms with Crippen molar-refractivity contribution in [2.75, 3.05) is 11.9 Å². The lowest BCUT2D eigenvalue weighted by atomic mass is 10.2. The summed E-state index contributed by atoms with van der Waals surface area (Å²) in [6, 6.07) is 5.60. The summed E-state index contributed by atoms with van der Waals surface area (Å²) in [4.78, 5) is 8.53. The van der Waals surface area contributed by atoms with Gasteiger partial charge in [-0.15, -0.1) is 0 Å². The summed E-state index contributed by atoms with van der Waals surface area (Å²) in [6.45, 7) is 6.16. The van der Waals surface area contributed by atoms with E-state index in [1.807, 2.05) is 20.8 Å². The highest BCUT2D eigenvalue weighted by atomic mass is 35.5. The molecule has 27 heavy (non-hydrogen) atoms. The molecule has 1 aliphatic rings. The molecule has 0 spiro atoms. The molecule has 1 saturated heterocycles. The minimum atomic E-state index is -0.877. The maximum absolute atomic E-state index is 13.8. The molecule has 3 rings (SSSR count). The maximum atomic E-state index is 13.8. The van der Waals surface area contributed by atoms with Gasteiger partial charge in [-0.25, -0.2) is 18.7 Å². The van der Waals surface area contributed by atoms with Crippen molar-refractivity contribution in [1.82, 2.24) is 9.97 Å². The SMILES string of the molecule is C[C@H](Nc1cc(Cl)nc(SCc2cccc(F)c2F)n1)C1COC(C)(C)O1. The van der Waals surface area contributed by atoms with E-state index in [1.165, 1.54) is 23.9 Å². The van der Waals surface area contributed by atoms with Crippen LogP contribution in [0.5, 0.6) is 0 Å². The second-order valence-corrected chi connectivity index (χ2v) is 7.99. The molecule has 0 aliphatic carbocycles. The number of nitrogens with zero attached hydrogens (tertiary/aromatic N) is 2. The Kier molecular flexibility index (Phi) is 6.20. The Hall–Kier alpha value is -1.48. The highest BCUT2D eigenvalue weighted by molar-refractivity contribution is 7.98. The van der Waals surface area contributed by atoms with Crippen LogP contribution in [-0.2, 0) is 15.2 Å². The van der Waals surface area contributed by atoms with Crippen molar-refractivity contribution in [2.24, 2.45) is 0 Å². The summed E-state index contributed by atoms with van der Waals surface area (Å²) in [5.41, 5.74) is 0.241. The van der Waals surface area contributed by atoms with Gasteiger partial charge in [0.25, 0.3) is 0 Å². The first kappa shape index (κ1) is 20.3. The molecule has 1 unspecified atom stereocenters. The summed E-state index contributed by atoms with van der Waals surface area (Å²) < 4.78 is 38.5. The summed E-state index contributed by atoms with van der Waals surface area (Å²) in [6.07, 6.45) is -0.133. The molecule has 0 saturated carbocycles. The molecule has 1 fully saturated rings. The minimum absolute atomic E-state index is 0.0729. The van der Waals surface area contributed by atoms with Crippen LogP contribution in [0, 0.1) is 11.6 Å². The molecule has 1 aromatic carbocycles. The number of aromatic nitrogens is 2. The average molecular weight is 416 g/mol. The van der Waals surface area contributed by atoms with Crippen LogP contribution in [0.1, 0.15) is 26.3 Å². The molecule has 1 N–H and O–H groups in total. The van der Waals surface area contributed by atoms with Crippen LogP contribution >= 0.6 is 23.4 Å². The molecule has 0 bridgehead atoms. The van der Waals surface area contributed by atoms with Crippen LogP contribution in [0.15, 0.2) is 29.4 Å². The molecule has 146 valence electrons. The molecular formula is C18H20ClF2N3O2S. The predicted octanol–water partition coefficient (Wildman–Crippen LogP) is 4.65. The maximum Gasteiger partial charge on any atom is 0.191 e. The Bertz CT molecular complexity index is 825. The van der Waals surface area contributed by atoms with Crippen LogP contribution in [0.2, 0.25) is 5.15 Å². The third-order valence-electron chi connectivity index (χ3n) is 4.03. The normalized spacial score (nSPS) is 19.9. The van der Waals surface area contributed by atoms with Crippen LogP contribution < -0.4 is 5.32 Å². The van der Waals surface area contributed by atoms with Gasteiger partial charge in [-0.3, -0.25) is 0 Å². The zero-order valence-electron chi connectivity index (χ0n) is 15.1. The number of ether oxygens (including phenoxy) is 2. The summed E-state index contributed by atoms with van der Waals surface area (Å²) in [7, 11) is 0. The first-order chi connectivity index (χ1) is 12.7. The fraction of sp³-hybridized carbons (Fsp3) is 0.444. The highest BCUT2D eigenvalue weighted by Crippen LogP contribution is 2.27. The second kappa shape index (κ2) is 8.26. The fourth-order valence-electron chi connectivity index (χ4n) is 2.63. The van der Waals surface area contributed by atoms with E-state index in [2.05, 4.69) is 15.3 Å². The van der Waals surface area contributed by atoms with Crippen LogP contribution in [0.3, 0.4) is 0 Å². The standard InChI is InChI=1S/C18H20ClF2N3O2S/c1-10(13-8-25-18(2,3)26-13)22-15-7-14(19)23-17(24-15)27-9-11-5-4-6-12(20)16(11)21/h4-7,10,13H,8-9H2,1-3H3,(H,22,23,24)/t10-,13?/m0/s1. The number of rotatable bonds is 6. The quantitative estimate of drug-likeness (QED) is 0.421. The molecule has 2 atom stereocenters. The van der Waals surface area contributed by atoms with Crippen LogP contribution in [0.4, 0.5) is 14.6 Å². The third-order valence-corrected chi connectivity index (χ3v) is 5.12. The summed E-state index contributed by atoms with van der Waals surface area (Å²) in [5.74, 6) is -1.64. The average Bonchev–Trinajstić information content (AvgIpc) is 2.96. The van der Waals surface area contributed by atoms with Gasteiger partial charge in [-0.1, -0.05) is 35.5 Å². The zero-order valence-corrected chi connectivity index (χ0v) is 16.7. The lowest BCUT2D eigenvalue weighted by molar-refractivity contribution is -0.139. The lowest BCUT2D eigenvalue weighted by Gasteiger charge is -2.22. The summed E-state index contributed by atoms with van der Waals surface area (Å²) >= 11 is 7.26. The predicted molar refractivity (Wildman–Crippen MR) is 101 cm³/mol. The van der Waals surface area contributed by atoms with E-state index in [9.17, 15) is 8.78 Å². The number of benzene rings is 1. The Balaban J connectivity index is 1.66. The van der Waals surface area contributed by atoms with Crippen molar-refractivity contribution in [3.63, 3.8) is 0 Å². The monoisotopic (exact) mass is 415 g/mol. The van der Waals surface area contributed by atoms with Gasteiger partial charge < -0.3 is 14.8 Å². The molecule has 0 amide bonds. The summed E-state index contributed by atoms with van der Waals surface area (Å²) in [5, 5.41) is 3.85. The molecule has 1 aliphatic heterocycles. The molecular weight excluding hydrogens is 396 g/mol. The van der Waals surface area contributed by atoms with Gasteiger partial charge in [-0.2, -0.15) is 0 Å². The van der Waals surface area contributed by atoms with E-state index in [-0.39, 0.29) is 28.6 Å². The van der Waals surface area contributed by atoms with Crippen LogP contribution in [0.25, 0.3) is 0 Å². The number of anilines is 1. The van der Waals surface area contributed by atoms with Crippen molar-refractivity contribution < 1.29 is 18.3 Å².